The largest absolute Gasteiger partial charge is 0.781 e. The van der Waals surface area contributed by atoms with Gasteiger partial charge in [0.25, 0.3) is 0 Å². The molecule has 0 heterocycles. The van der Waals surface area contributed by atoms with Crippen molar-refractivity contribution in [3.8, 4) is 12.1 Å². The van der Waals surface area contributed by atoms with E-state index >= 15 is 0 Å². The zero-order chi connectivity index (χ0) is 27.1. The fourth-order valence-electron chi connectivity index (χ4n) is 4.08. The Balaban J connectivity index is 0.00000420. The summed E-state index contributed by atoms with van der Waals surface area (Å²) in [5.41, 5.74) is 2.56. The number of rotatable bonds is 7. The average Bonchev–Trinajstić information content (AvgIpc) is 2.95. The van der Waals surface area contributed by atoms with E-state index in [1.165, 1.54) is 0 Å². The second kappa shape index (κ2) is 13.3. The topological polar surface area (TPSA) is 84.5 Å². The Labute approximate surface area is 248 Å². The minimum atomic E-state index is -0.876. The zero-order valence-corrected chi connectivity index (χ0v) is 22.7. The minimum absolute atomic E-state index is 0. The first-order chi connectivity index (χ1) is 18.5. The van der Waals surface area contributed by atoms with Crippen molar-refractivity contribution in [1.82, 2.24) is 0 Å². The Morgan fingerprint density at radius 3 is 1.72 bits per heavy atom. The molecule has 4 rings (SSSR count). The minimum Gasteiger partial charge on any atom is -0.781 e. The first kappa shape index (κ1) is 28.9. The van der Waals surface area contributed by atoms with Crippen molar-refractivity contribution < 1.29 is 16.5 Å². The van der Waals surface area contributed by atoms with E-state index in [-0.39, 0.29) is 39.0 Å². The van der Waals surface area contributed by atoms with Gasteiger partial charge in [0.05, 0.1) is 36.4 Å². The zero-order valence-electron chi connectivity index (χ0n) is 20.1. The number of hydrogen-bond donors (Lipinski definition) is 0. The third-order valence-corrected chi connectivity index (χ3v) is 6.52. The first-order valence-corrected chi connectivity index (χ1v) is 12.1. The van der Waals surface area contributed by atoms with Crippen LogP contribution in [0.3, 0.4) is 0 Å². The number of nitriles is 2. The van der Waals surface area contributed by atoms with Crippen LogP contribution in [0.4, 0.5) is 22.7 Å². The van der Waals surface area contributed by atoms with E-state index in [1.807, 2.05) is 0 Å². The van der Waals surface area contributed by atoms with Crippen LogP contribution in [0, 0.1) is 35.8 Å². The van der Waals surface area contributed by atoms with E-state index < -0.39 is 12.1 Å². The molecule has 0 saturated carbocycles. The average molecular weight is 583 g/mol. The van der Waals surface area contributed by atoms with Crippen LogP contribution >= 0.6 is 0 Å². The summed E-state index contributed by atoms with van der Waals surface area (Å²) in [6.07, 6.45) is 0. The molecule has 0 aliphatic carbocycles. The number of nitrogens with zero attached hydrogens (tertiary/aromatic N) is 6. The quantitative estimate of drug-likeness (QED) is 0.124. The summed E-state index contributed by atoms with van der Waals surface area (Å²) in [7, 11) is 0. The molecule has 0 N–H and O–H groups in total. The summed E-state index contributed by atoms with van der Waals surface area (Å²) in [6, 6.07) is 26.7. The molecule has 0 aliphatic rings. The van der Waals surface area contributed by atoms with Crippen molar-refractivity contribution in [2.24, 2.45) is 0 Å². The van der Waals surface area contributed by atoms with Crippen LogP contribution in [0.2, 0.25) is 0 Å². The molecule has 2 unspecified atom stereocenters. The van der Waals surface area contributed by atoms with E-state index in [2.05, 4.69) is 21.8 Å². The van der Waals surface area contributed by atoms with Crippen molar-refractivity contribution >= 4 is 48.0 Å². The van der Waals surface area contributed by atoms with E-state index in [4.69, 9.17) is 49.0 Å². The van der Waals surface area contributed by atoms with E-state index in [0.29, 0.717) is 32.3 Å². The fourth-order valence-corrected chi connectivity index (χ4v) is 4.48. The predicted octanol–water partition coefficient (Wildman–Crippen LogP) is 8.53. The van der Waals surface area contributed by atoms with Crippen molar-refractivity contribution in [2.75, 3.05) is 0 Å². The summed E-state index contributed by atoms with van der Waals surface area (Å²) >= 11 is 11.1. The van der Waals surface area contributed by atoms with Crippen LogP contribution in [0.25, 0.3) is 20.3 Å². The molecule has 0 saturated heterocycles. The number of para-hydroxylation sites is 3. The monoisotopic (exact) mass is 582 g/mol. The third kappa shape index (κ3) is 6.10. The molecule has 0 spiro atoms. The summed E-state index contributed by atoms with van der Waals surface area (Å²) in [5.74, 6) is 0. The Morgan fingerprint density at radius 2 is 1.21 bits per heavy atom. The molecular formula is C30H16N6NiS2-4. The van der Waals surface area contributed by atoms with Gasteiger partial charge in [0.1, 0.15) is 0 Å². The van der Waals surface area contributed by atoms with Crippen molar-refractivity contribution in [1.29, 1.82) is 10.5 Å². The molecule has 192 valence electrons. The third-order valence-electron chi connectivity index (χ3n) is 5.83. The van der Waals surface area contributed by atoms with E-state index in [0.717, 1.165) is 0 Å². The molecular weight excluding hydrogens is 567 g/mol. The first-order valence-electron chi connectivity index (χ1n) is 11.3. The van der Waals surface area contributed by atoms with Gasteiger partial charge in [0.2, 0.25) is 11.4 Å². The molecule has 9 heteroatoms. The fraction of sp³-hybridized carbons (Fsp3) is 0.0667. The van der Waals surface area contributed by atoms with Gasteiger partial charge in [-0.3, -0.25) is 0 Å². The van der Waals surface area contributed by atoms with Crippen LogP contribution < -0.4 is 0 Å². The van der Waals surface area contributed by atoms with Gasteiger partial charge >= 0.3 is 0 Å². The Morgan fingerprint density at radius 1 is 0.667 bits per heavy atom. The second-order valence-electron chi connectivity index (χ2n) is 8.02. The SMILES string of the molecule is [C-]#[N+]c1cccc(C([N-]c2ccccc2[S-])C([N-]c2ccccc2[S-])c2cccc(C#N)c2[N+]#[C-])c1C#N.[Ni]. The molecule has 0 amide bonds. The molecule has 4 aromatic carbocycles. The van der Waals surface area contributed by atoms with E-state index in [9.17, 15) is 10.5 Å². The maximum Gasteiger partial charge on any atom is 0.206 e. The summed E-state index contributed by atoms with van der Waals surface area (Å²) in [6.45, 7) is 15.4. The van der Waals surface area contributed by atoms with Crippen molar-refractivity contribution in [3.05, 3.63) is 141 Å². The Bertz CT molecular complexity index is 1550. The molecule has 6 nitrogen and oxygen atoms in total. The molecule has 0 aliphatic heterocycles. The van der Waals surface area contributed by atoms with Gasteiger partial charge in [-0.2, -0.15) is 31.7 Å². The Hall–Kier alpha value is -4.63. The standard InChI is InChI=1S/C30H18N6S2.Ni/c1-33-23-14-8-10-20(22(23)18-32)29(35-24-12-3-5-15-26(24)37)30(36-25-13-4-6-16-27(25)38)21-11-7-9-19(17-31)28(21)34-2;/h3-16,29-30,37-38H;/q-2;/p-2. The van der Waals surface area contributed by atoms with Crippen LogP contribution in [-0.4, -0.2) is 0 Å². The smallest absolute Gasteiger partial charge is 0.206 e. The van der Waals surface area contributed by atoms with Crippen molar-refractivity contribution in [3.63, 3.8) is 0 Å². The molecule has 0 bridgehead atoms. The molecule has 0 fully saturated rings. The molecule has 2 atom stereocenters. The van der Waals surface area contributed by atoms with Crippen LogP contribution in [0.15, 0.2) is 94.7 Å². The van der Waals surface area contributed by atoms with Crippen LogP contribution in [0.5, 0.6) is 0 Å². The molecule has 0 aromatic heterocycles. The predicted molar refractivity (Wildman–Crippen MR) is 151 cm³/mol. The van der Waals surface area contributed by atoms with Crippen LogP contribution in [0.1, 0.15) is 34.3 Å². The number of hydrogen-bond acceptors (Lipinski definition) is 4. The van der Waals surface area contributed by atoms with Gasteiger partial charge in [0, 0.05) is 16.5 Å². The van der Waals surface area contributed by atoms with Crippen LogP contribution in [-0.2, 0) is 41.7 Å². The van der Waals surface area contributed by atoms with Gasteiger partial charge in [-0.15, -0.1) is 12.1 Å². The van der Waals surface area contributed by atoms with Crippen molar-refractivity contribution in [2.45, 2.75) is 21.9 Å². The van der Waals surface area contributed by atoms with Gasteiger partial charge in [-0.1, -0.05) is 96.1 Å². The van der Waals surface area contributed by atoms with Gasteiger partial charge in [-0.05, 0) is 0 Å². The summed E-state index contributed by atoms with van der Waals surface area (Å²) in [4.78, 5) is 8.19. The van der Waals surface area contributed by atoms with E-state index in [1.54, 1.807) is 84.9 Å². The van der Waals surface area contributed by atoms with Gasteiger partial charge in [0.15, 0.2) is 0 Å². The maximum absolute atomic E-state index is 10.1. The molecule has 0 radical (unpaired) electrons. The molecule has 39 heavy (non-hydrogen) atoms. The Kier molecular flexibility index (Phi) is 9.83. The second-order valence-corrected chi connectivity index (χ2v) is 8.89. The number of benzene rings is 4. The normalized spacial score (nSPS) is 11.3. The van der Waals surface area contributed by atoms with Gasteiger partial charge < -0.3 is 35.9 Å². The molecule has 4 aromatic rings. The summed E-state index contributed by atoms with van der Waals surface area (Å²) < 4.78 is 0. The summed E-state index contributed by atoms with van der Waals surface area (Å²) in [5, 5.41) is 29.7. The van der Waals surface area contributed by atoms with Gasteiger partial charge in [-0.25, -0.2) is 9.69 Å². The maximum atomic E-state index is 10.1.